The van der Waals surface area contributed by atoms with Gasteiger partial charge in [0.25, 0.3) is 20.3 Å². The minimum atomic E-state index is -3.89. The molecular weight excluding hydrogens is 420 g/mol. The van der Waals surface area contributed by atoms with Gasteiger partial charge in [-0.2, -0.15) is 8.42 Å². The van der Waals surface area contributed by atoms with Gasteiger partial charge in [0.1, 0.15) is 0 Å². The number of fused-ring (bicyclic) bond motifs is 1. The van der Waals surface area contributed by atoms with Crippen LogP contribution in [0, 0.1) is 0 Å². The van der Waals surface area contributed by atoms with Crippen molar-refractivity contribution in [3.63, 3.8) is 0 Å². The Morgan fingerprint density at radius 2 is 1.89 bits per heavy atom. The van der Waals surface area contributed by atoms with Gasteiger partial charge in [0, 0.05) is 6.04 Å². The number of hydrogen-bond acceptors (Lipinski definition) is 6. The number of aromatic nitrogens is 2. The van der Waals surface area contributed by atoms with Crippen molar-refractivity contribution in [3.05, 3.63) is 64.7 Å². The quantitative estimate of drug-likeness (QED) is 0.633. The maximum Gasteiger partial charge on any atom is 0.293 e. The fourth-order valence-corrected chi connectivity index (χ4v) is 6.05. The second kappa shape index (κ2) is 7.16. The molecule has 0 bridgehead atoms. The summed E-state index contributed by atoms with van der Waals surface area (Å²) >= 11 is 6.82. The van der Waals surface area contributed by atoms with Crippen molar-refractivity contribution < 1.29 is 13.2 Å². The number of nitrogens with zero attached hydrogens (tertiary/aromatic N) is 3. The van der Waals surface area contributed by atoms with E-state index in [1.165, 1.54) is 4.31 Å². The normalized spacial score (nSPS) is 16.1. The number of nitrogens with one attached hydrogen (secondary N) is 1. The molecule has 1 aromatic heterocycles. The zero-order chi connectivity index (χ0) is 19.9. The van der Waals surface area contributed by atoms with Crippen molar-refractivity contribution in [2.75, 3.05) is 9.62 Å². The predicted molar refractivity (Wildman–Crippen MR) is 109 cm³/mol. The van der Waals surface area contributed by atoms with E-state index in [1.54, 1.807) is 36.4 Å². The third kappa shape index (κ3) is 3.25. The van der Waals surface area contributed by atoms with E-state index in [9.17, 15) is 13.2 Å². The van der Waals surface area contributed by atoms with Crippen LogP contribution in [-0.4, -0.2) is 30.6 Å². The van der Waals surface area contributed by atoms with E-state index in [1.807, 2.05) is 19.1 Å². The number of carbonyl (C=O) groups is 1. The van der Waals surface area contributed by atoms with Crippen LogP contribution in [0.5, 0.6) is 0 Å². The van der Waals surface area contributed by atoms with Gasteiger partial charge in [0.2, 0.25) is 5.13 Å². The molecule has 0 aliphatic carbocycles. The van der Waals surface area contributed by atoms with Gasteiger partial charge in [0.05, 0.1) is 16.3 Å². The molecule has 0 unspecified atom stereocenters. The van der Waals surface area contributed by atoms with Crippen LogP contribution in [-0.2, 0) is 16.4 Å². The lowest BCUT2D eigenvalue weighted by Gasteiger charge is -2.22. The van der Waals surface area contributed by atoms with Gasteiger partial charge in [-0.1, -0.05) is 53.3 Å². The fourth-order valence-electron chi connectivity index (χ4n) is 3.16. The fraction of sp³-hybridized carbons (Fsp3) is 0.167. The molecule has 144 valence electrons. The smallest absolute Gasteiger partial charge is 0.293 e. The molecule has 10 heteroatoms. The average Bonchev–Trinajstić information content (AvgIpc) is 3.26. The maximum absolute atomic E-state index is 13.1. The Morgan fingerprint density at radius 3 is 2.68 bits per heavy atom. The lowest BCUT2D eigenvalue weighted by molar-refractivity contribution is 0.102. The summed E-state index contributed by atoms with van der Waals surface area (Å²) < 4.78 is 27.4. The Kier molecular flexibility index (Phi) is 4.82. The molecule has 0 saturated heterocycles. The summed E-state index contributed by atoms with van der Waals surface area (Å²) in [7, 11) is -3.89. The Balaban J connectivity index is 1.61. The molecule has 28 heavy (non-hydrogen) atoms. The summed E-state index contributed by atoms with van der Waals surface area (Å²) in [5.41, 5.74) is 1.88. The minimum absolute atomic E-state index is 0.0867. The highest BCUT2D eigenvalue weighted by Crippen LogP contribution is 2.37. The average molecular weight is 435 g/mol. The SMILES string of the molecule is C[C@@H]1Cc2ccccc2N1S(=O)(=O)c1nnc(NC(=O)c2ccccc2Cl)s1. The molecule has 0 spiro atoms. The van der Waals surface area contributed by atoms with Crippen molar-refractivity contribution >= 4 is 49.7 Å². The number of carbonyl (C=O) groups excluding carboxylic acids is 1. The van der Waals surface area contributed by atoms with Gasteiger partial charge in [-0.05, 0) is 37.1 Å². The Labute approximate surface area is 171 Å². The molecule has 1 N–H and O–H groups in total. The Morgan fingerprint density at radius 1 is 1.18 bits per heavy atom. The summed E-state index contributed by atoms with van der Waals surface area (Å²) in [6, 6.07) is 13.7. The lowest BCUT2D eigenvalue weighted by Crippen LogP contribution is -2.35. The first-order valence-corrected chi connectivity index (χ1v) is 11.0. The summed E-state index contributed by atoms with van der Waals surface area (Å²) in [6.07, 6.45) is 0.629. The Bertz CT molecular complexity index is 1160. The monoisotopic (exact) mass is 434 g/mol. The van der Waals surface area contributed by atoms with Crippen LogP contribution in [0.4, 0.5) is 10.8 Å². The van der Waals surface area contributed by atoms with Gasteiger partial charge in [-0.3, -0.25) is 14.4 Å². The molecule has 0 saturated carbocycles. The summed E-state index contributed by atoms with van der Waals surface area (Å²) in [4.78, 5) is 12.3. The van der Waals surface area contributed by atoms with E-state index < -0.39 is 15.9 Å². The zero-order valence-electron chi connectivity index (χ0n) is 14.7. The second-order valence-electron chi connectivity index (χ2n) is 6.29. The van der Waals surface area contributed by atoms with Gasteiger partial charge >= 0.3 is 0 Å². The van der Waals surface area contributed by atoms with Crippen LogP contribution in [0.15, 0.2) is 52.9 Å². The van der Waals surface area contributed by atoms with E-state index in [0.29, 0.717) is 17.1 Å². The number of halogens is 1. The number of hydrogen-bond donors (Lipinski definition) is 1. The van der Waals surface area contributed by atoms with Crippen LogP contribution in [0.2, 0.25) is 5.02 Å². The van der Waals surface area contributed by atoms with Crippen LogP contribution in [0.3, 0.4) is 0 Å². The van der Waals surface area contributed by atoms with Crippen LogP contribution in [0.25, 0.3) is 0 Å². The molecule has 0 radical (unpaired) electrons. The second-order valence-corrected chi connectivity index (χ2v) is 9.66. The topological polar surface area (TPSA) is 92.3 Å². The maximum atomic E-state index is 13.1. The molecule has 2 heterocycles. The van der Waals surface area contributed by atoms with Crippen LogP contribution < -0.4 is 9.62 Å². The zero-order valence-corrected chi connectivity index (χ0v) is 17.1. The van der Waals surface area contributed by atoms with Gasteiger partial charge in [-0.25, -0.2) is 0 Å². The highest BCUT2D eigenvalue weighted by molar-refractivity contribution is 7.94. The largest absolute Gasteiger partial charge is 0.296 e. The summed E-state index contributed by atoms with van der Waals surface area (Å²) in [6.45, 7) is 1.85. The molecule has 1 aliphatic heterocycles. The lowest BCUT2D eigenvalue weighted by atomic mass is 10.1. The highest BCUT2D eigenvalue weighted by Gasteiger charge is 2.38. The summed E-state index contributed by atoms with van der Waals surface area (Å²) in [5, 5.41) is 10.5. The number of benzene rings is 2. The highest BCUT2D eigenvalue weighted by atomic mass is 35.5. The van der Waals surface area contributed by atoms with Crippen molar-refractivity contribution in [3.8, 4) is 0 Å². The van der Waals surface area contributed by atoms with Gasteiger partial charge in [-0.15, -0.1) is 10.2 Å². The number of para-hydroxylation sites is 1. The van der Waals surface area contributed by atoms with Crippen molar-refractivity contribution in [1.82, 2.24) is 10.2 Å². The molecule has 7 nitrogen and oxygen atoms in total. The number of anilines is 2. The number of rotatable bonds is 4. The predicted octanol–water partition coefficient (Wildman–Crippen LogP) is 3.58. The first-order valence-electron chi connectivity index (χ1n) is 8.39. The third-order valence-corrected chi connectivity index (χ3v) is 7.81. The standard InChI is InChI=1S/C18H15ClN4O3S2/c1-11-10-12-6-2-5-9-15(12)23(11)28(25,26)18-22-21-17(27-18)20-16(24)13-7-3-4-8-14(13)19/h2-9,11H,10H2,1H3,(H,20,21,24)/t11-/m1/s1. The van der Waals surface area contributed by atoms with Crippen molar-refractivity contribution in [1.29, 1.82) is 0 Å². The van der Waals surface area contributed by atoms with E-state index in [-0.39, 0.29) is 21.1 Å². The van der Waals surface area contributed by atoms with Gasteiger partial charge in [0.15, 0.2) is 0 Å². The number of sulfonamides is 1. The molecule has 1 amide bonds. The first-order chi connectivity index (χ1) is 13.4. The van der Waals surface area contributed by atoms with E-state index in [2.05, 4.69) is 15.5 Å². The molecule has 3 aromatic rings. The summed E-state index contributed by atoms with van der Waals surface area (Å²) in [5.74, 6) is -0.481. The molecule has 2 aromatic carbocycles. The number of amides is 1. The van der Waals surface area contributed by atoms with Crippen molar-refractivity contribution in [2.24, 2.45) is 0 Å². The van der Waals surface area contributed by atoms with Crippen LogP contribution in [0.1, 0.15) is 22.8 Å². The van der Waals surface area contributed by atoms with Crippen molar-refractivity contribution in [2.45, 2.75) is 23.7 Å². The first kappa shape index (κ1) is 18.9. The molecule has 1 aliphatic rings. The molecule has 0 fully saturated rings. The van der Waals surface area contributed by atoms with E-state index >= 15 is 0 Å². The third-order valence-electron chi connectivity index (χ3n) is 4.37. The van der Waals surface area contributed by atoms with E-state index in [0.717, 1.165) is 16.9 Å². The molecule has 1 atom stereocenters. The van der Waals surface area contributed by atoms with Gasteiger partial charge < -0.3 is 0 Å². The molecule has 4 rings (SSSR count). The van der Waals surface area contributed by atoms with E-state index in [4.69, 9.17) is 11.6 Å². The Hall–Kier alpha value is -2.49. The van der Waals surface area contributed by atoms with Crippen LogP contribution >= 0.6 is 22.9 Å². The minimum Gasteiger partial charge on any atom is -0.296 e. The molecular formula is C18H15ClN4O3S2.